The number of rotatable bonds is 12. The van der Waals surface area contributed by atoms with Crippen molar-refractivity contribution >= 4 is 17.8 Å². The van der Waals surface area contributed by atoms with Crippen LogP contribution in [0.25, 0.3) is 0 Å². The van der Waals surface area contributed by atoms with Gasteiger partial charge in [-0.05, 0) is 24.1 Å². The monoisotopic (exact) mass is 422 g/mol. The van der Waals surface area contributed by atoms with E-state index in [0.29, 0.717) is 43.4 Å². The fourth-order valence-corrected chi connectivity index (χ4v) is 3.31. The van der Waals surface area contributed by atoms with Crippen LogP contribution in [0.1, 0.15) is 37.8 Å². The summed E-state index contributed by atoms with van der Waals surface area (Å²) in [6, 6.07) is 4.33. The van der Waals surface area contributed by atoms with Crippen LogP contribution >= 0.6 is 0 Å². The highest BCUT2D eigenvalue weighted by Gasteiger charge is 2.35. The van der Waals surface area contributed by atoms with E-state index >= 15 is 0 Å². The summed E-state index contributed by atoms with van der Waals surface area (Å²) < 4.78 is 16.0. The van der Waals surface area contributed by atoms with Gasteiger partial charge in [0.15, 0.2) is 11.5 Å². The van der Waals surface area contributed by atoms with Crippen molar-refractivity contribution in [2.45, 2.75) is 32.2 Å². The summed E-state index contributed by atoms with van der Waals surface area (Å²) in [5, 5.41) is 12.1. The summed E-state index contributed by atoms with van der Waals surface area (Å²) in [5.41, 5.74) is 0.590. The van der Waals surface area contributed by atoms with E-state index in [1.165, 1.54) is 7.11 Å². The van der Waals surface area contributed by atoms with E-state index in [1.54, 1.807) is 30.2 Å². The molecule has 1 aromatic carbocycles. The van der Waals surface area contributed by atoms with Crippen molar-refractivity contribution in [1.82, 2.24) is 10.2 Å². The molecule has 0 aliphatic carbocycles. The van der Waals surface area contributed by atoms with Crippen molar-refractivity contribution in [3.8, 4) is 11.5 Å². The Bertz CT molecular complexity index is 753. The smallest absolute Gasteiger partial charge is 0.305 e. The molecular weight excluding hydrogens is 392 g/mol. The minimum atomic E-state index is -1.05. The molecule has 1 saturated heterocycles. The van der Waals surface area contributed by atoms with E-state index in [4.69, 9.17) is 14.2 Å². The minimum absolute atomic E-state index is 0.0997. The summed E-state index contributed by atoms with van der Waals surface area (Å²) in [6.45, 7) is 3.63. The number of carbonyl (C=O) groups is 3. The number of carbonyl (C=O) groups excluding carboxylic acids is 2. The molecular formula is C21H30N2O7. The number of amides is 2. The number of carboxylic acid groups (broad SMARTS) is 1. The maximum Gasteiger partial charge on any atom is 0.305 e. The van der Waals surface area contributed by atoms with Gasteiger partial charge in [0, 0.05) is 26.6 Å². The predicted octanol–water partition coefficient (Wildman–Crippen LogP) is 1.61. The average molecular weight is 422 g/mol. The number of nitrogens with one attached hydrogen (secondary N) is 1. The third-order valence-electron chi connectivity index (χ3n) is 4.90. The van der Waals surface area contributed by atoms with Gasteiger partial charge in [0.05, 0.1) is 38.7 Å². The van der Waals surface area contributed by atoms with E-state index in [2.05, 4.69) is 5.32 Å². The first kappa shape index (κ1) is 23.5. The normalized spacial score (nSPS) is 17.0. The van der Waals surface area contributed by atoms with Crippen LogP contribution in [0.3, 0.4) is 0 Å². The molecule has 1 aliphatic heterocycles. The molecule has 1 aromatic rings. The van der Waals surface area contributed by atoms with Crippen LogP contribution in [-0.2, 0) is 19.1 Å². The van der Waals surface area contributed by atoms with Crippen LogP contribution in [0.2, 0.25) is 0 Å². The fraction of sp³-hybridized carbons (Fsp3) is 0.571. The van der Waals surface area contributed by atoms with Gasteiger partial charge in [-0.25, -0.2) is 0 Å². The number of carboxylic acids is 1. The topological polar surface area (TPSA) is 114 Å². The molecule has 0 bridgehead atoms. The Balaban J connectivity index is 2.13. The van der Waals surface area contributed by atoms with Crippen LogP contribution in [-0.4, -0.2) is 68.3 Å². The van der Waals surface area contributed by atoms with Crippen molar-refractivity contribution in [3.05, 3.63) is 23.8 Å². The lowest BCUT2D eigenvalue weighted by Gasteiger charge is -2.21. The van der Waals surface area contributed by atoms with Gasteiger partial charge in [-0.1, -0.05) is 13.0 Å². The van der Waals surface area contributed by atoms with Gasteiger partial charge in [-0.15, -0.1) is 0 Å². The Morgan fingerprint density at radius 1 is 1.27 bits per heavy atom. The molecule has 1 heterocycles. The maximum atomic E-state index is 12.8. The maximum absolute atomic E-state index is 12.8. The van der Waals surface area contributed by atoms with Gasteiger partial charge in [0.2, 0.25) is 11.8 Å². The van der Waals surface area contributed by atoms with Gasteiger partial charge in [-0.3, -0.25) is 14.4 Å². The van der Waals surface area contributed by atoms with Crippen molar-refractivity contribution in [1.29, 1.82) is 0 Å². The van der Waals surface area contributed by atoms with E-state index in [-0.39, 0.29) is 24.7 Å². The van der Waals surface area contributed by atoms with Crippen LogP contribution in [0.5, 0.6) is 11.5 Å². The van der Waals surface area contributed by atoms with Gasteiger partial charge >= 0.3 is 5.97 Å². The second-order valence-corrected chi connectivity index (χ2v) is 7.15. The Hall–Kier alpha value is -2.81. The third-order valence-corrected chi connectivity index (χ3v) is 4.90. The predicted molar refractivity (Wildman–Crippen MR) is 108 cm³/mol. The number of methoxy groups -OCH3 is 2. The SMILES string of the molecule is CCCOc1ccc(C(CC(=O)O)NC(=O)C2CC(=O)N(CCOC)C2)cc1OC. The molecule has 0 saturated carbocycles. The van der Waals surface area contributed by atoms with Crippen molar-refractivity contribution in [2.24, 2.45) is 5.92 Å². The Kier molecular flexibility index (Phi) is 8.91. The van der Waals surface area contributed by atoms with Crippen LogP contribution in [0, 0.1) is 5.92 Å². The summed E-state index contributed by atoms with van der Waals surface area (Å²) in [7, 11) is 3.05. The molecule has 0 radical (unpaired) electrons. The molecule has 0 aromatic heterocycles. The zero-order chi connectivity index (χ0) is 22.1. The Morgan fingerprint density at radius 3 is 2.67 bits per heavy atom. The number of aliphatic carboxylic acids is 1. The van der Waals surface area contributed by atoms with Gasteiger partial charge in [0.1, 0.15) is 0 Å². The number of nitrogens with zero attached hydrogens (tertiary/aromatic N) is 1. The van der Waals surface area contributed by atoms with Crippen molar-refractivity contribution in [2.75, 3.05) is 40.5 Å². The van der Waals surface area contributed by atoms with Crippen molar-refractivity contribution in [3.63, 3.8) is 0 Å². The van der Waals surface area contributed by atoms with Gasteiger partial charge in [0.25, 0.3) is 0 Å². The average Bonchev–Trinajstić information content (AvgIpc) is 3.10. The Morgan fingerprint density at radius 2 is 2.03 bits per heavy atom. The molecule has 9 nitrogen and oxygen atoms in total. The van der Waals surface area contributed by atoms with E-state index in [9.17, 15) is 19.5 Å². The second kappa shape index (κ2) is 11.4. The molecule has 2 N–H and O–H groups in total. The number of likely N-dealkylation sites (tertiary alicyclic amines) is 1. The lowest BCUT2D eigenvalue weighted by molar-refractivity contribution is -0.138. The highest BCUT2D eigenvalue weighted by Crippen LogP contribution is 2.32. The molecule has 2 rings (SSSR count). The van der Waals surface area contributed by atoms with E-state index in [1.807, 2.05) is 6.92 Å². The first-order valence-corrected chi connectivity index (χ1v) is 9.99. The summed E-state index contributed by atoms with van der Waals surface area (Å²) in [5.74, 6) is -1.01. The van der Waals surface area contributed by atoms with E-state index in [0.717, 1.165) is 6.42 Å². The fourth-order valence-electron chi connectivity index (χ4n) is 3.31. The molecule has 9 heteroatoms. The first-order chi connectivity index (χ1) is 14.4. The summed E-state index contributed by atoms with van der Waals surface area (Å²) in [6.07, 6.45) is 0.644. The zero-order valence-electron chi connectivity index (χ0n) is 17.7. The summed E-state index contributed by atoms with van der Waals surface area (Å²) in [4.78, 5) is 37.8. The molecule has 1 fully saturated rings. The van der Waals surface area contributed by atoms with Crippen LogP contribution in [0.15, 0.2) is 18.2 Å². The lowest BCUT2D eigenvalue weighted by atomic mass is 10.0. The van der Waals surface area contributed by atoms with E-state index < -0.39 is 17.9 Å². The van der Waals surface area contributed by atoms with Crippen LogP contribution < -0.4 is 14.8 Å². The highest BCUT2D eigenvalue weighted by atomic mass is 16.5. The second-order valence-electron chi connectivity index (χ2n) is 7.15. The largest absolute Gasteiger partial charge is 0.493 e. The van der Waals surface area contributed by atoms with Crippen molar-refractivity contribution < 1.29 is 33.7 Å². The Labute approximate surface area is 176 Å². The highest BCUT2D eigenvalue weighted by molar-refractivity contribution is 5.89. The van der Waals surface area contributed by atoms with Gasteiger partial charge < -0.3 is 29.5 Å². The molecule has 2 atom stereocenters. The number of hydrogen-bond donors (Lipinski definition) is 2. The molecule has 0 spiro atoms. The minimum Gasteiger partial charge on any atom is -0.493 e. The first-order valence-electron chi connectivity index (χ1n) is 9.99. The quantitative estimate of drug-likeness (QED) is 0.526. The lowest BCUT2D eigenvalue weighted by Crippen LogP contribution is -2.36. The summed E-state index contributed by atoms with van der Waals surface area (Å²) >= 11 is 0. The molecule has 30 heavy (non-hydrogen) atoms. The molecule has 1 aliphatic rings. The number of hydrogen-bond acceptors (Lipinski definition) is 6. The number of benzene rings is 1. The van der Waals surface area contributed by atoms with Gasteiger partial charge in [-0.2, -0.15) is 0 Å². The molecule has 166 valence electrons. The molecule has 2 unspecified atom stereocenters. The molecule has 2 amide bonds. The van der Waals surface area contributed by atoms with Crippen LogP contribution in [0.4, 0.5) is 0 Å². The third kappa shape index (κ3) is 6.35. The zero-order valence-corrected chi connectivity index (χ0v) is 17.7. The standard InChI is InChI=1S/C21H30N2O7/c1-4-8-30-17-6-5-14(10-18(17)29-3)16(12-20(25)26)22-21(27)15-11-19(24)23(13-15)7-9-28-2/h5-6,10,15-16H,4,7-9,11-13H2,1-3H3,(H,22,27)(H,25,26). The number of ether oxygens (including phenoxy) is 3.